The minimum absolute atomic E-state index is 0.0323. The van der Waals surface area contributed by atoms with Crippen molar-refractivity contribution in [3.63, 3.8) is 0 Å². The van der Waals surface area contributed by atoms with Crippen LogP contribution in [0.5, 0.6) is 0 Å². The molecule has 2 unspecified atom stereocenters. The van der Waals surface area contributed by atoms with Gasteiger partial charge in [-0.15, -0.1) is 0 Å². The van der Waals surface area contributed by atoms with Crippen LogP contribution in [0.2, 0.25) is 0 Å². The first kappa shape index (κ1) is 38.1. The van der Waals surface area contributed by atoms with Gasteiger partial charge in [-0.25, -0.2) is 9.59 Å². The van der Waals surface area contributed by atoms with Gasteiger partial charge in [-0.2, -0.15) is 0 Å². The molecule has 0 bridgehead atoms. The van der Waals surface area contributed by atoms with E-state index in [9.17, 15) is 24.3 Å². The van der Waals surface area contributed by atoms with E-state index in [1.807, 2.05) is 64.1 Å². The van der Waals surface area contributed by atoms with Crippen LogP contribution in [-0.2, 0) is 29.3 Å². The SMILES string of the molecule is COC1=CCC=C(C(C)(C)C(NC(=O)C(N(C)C(=O)OC(C)(C)C)C(C)(C)c2ccccc2)C(=O)N(C)C/C=C(\C)C(=O)O)CC1. The molecule has 1 aromatic rings. The first-order chi connectivity index (χ1) is 21.2. The number of hydrogen-bond donors (Lipinski definition) is 2. The van der Waals surface area contributed by atoms with Crippen LogP contribution in [0, 0.1) is 5.41 Å². The molecule has 254 valence electrons. The van der Waals surface area contributed by atoms with E-state index in [-0.39, 0.29) is 12.1 Å². The molecule has 2 rings (SSSR count). The Morgan fingerprint density at radius 3 is 2.11 bits per heavy atom. The lowest BCUT2D eigenvalue weighted by atomic mass is 9.73. The van der Waals surface area contributed by atoms with Crippen LogP contribution in [0.3, 0.4) is 0 Å². The third-order valence-electron chi connectivity index (χ3n) is 8.60. The second kappa shape index (κ2) is 15.5. The summed E-state index contributed by atoms with van der Waals surface area (Å²) in [7, 11) is 4.74. The molecule has 46 heavy (non-hydrogen) atoms. The Morgan fingerprint density at radius 2 is 1.57 bits per heavy atom. The lowest BCUT2D eigenvalue weighted by molar-refractivity contribution is -0.139. The number of ether oxygens (including phenoxy) is 2. The zero-order valence-electron chi connectivity index (χ0n) is 29.4. The summed E-state index contributed by atoms with van der Waals surface area (Å²) in [5.41, 5.74) is -0.665. The highest BCUT2D eigenvalue weighted by molar-refractivity contribution is 5.93. The van der Waals surface area contributed by atoms with Gasteiger partial charge in [0, 0.05) is 43.5 Å². The van der Waals surface area contributed by atoms with Gasteiger partial charge in [0.1, 0.15) is 17.7 Å². The zero-order chi connectivity index (χ0) is 35.0. The van der Waals surface area contributed by atoms with Crippen LogP contribution in [-0.4, -0.2) is 84.2 Å². The highest BCUT2D eigenvalue weighted by Gasteiger charge is 2.47. The Labute approximate surface area is 274 Å². The van der Waals surface area contributed by atoms with E-state index in [0.29, 0.717) is 19.3 Å². The molecule has 0 spiro atoms. The van der Waals surface area contributed by atoms with E-state index >= 15 is 0 Å². The molecule has 2 N–H and O–H groups in total. The van der Waals surface area contributed by atoms with Crippen LogP contribution >= 0.6 is 0 Å². The number of benzene rings is 1. The van der Waals surface area contributed by atoms with E-state index in [1.165, 1.54) is 29.8 Å². The minimum Gasteiger partial charge on any atom is -0.501 e. The standard InChI is InChI=1S/C36H53N3O7/c1-24(32(42)43)22-23-38(9)31(41)28(35(5,6)26-18-15-19-27(45-11)21-20-26)37-30(40)29(39(10)33(44)46-34(2,3)4)36(7,8)25-16-13-12-14-17-25/h12-14,16-19,22,28-29H,15,20-21,23H2,1-11H3,(H,37,40)(H,42,43)/b24-22+. The van der Waals surface area contributed by atoms with Crippen molar-refractivity contribution in [1.29, 1.82) is 0 Å². The molecule has 10 nitrogen and oxygen atoms in total. The van der Waals surface area contributed by atoms with Crippen LogP contribution < -0.4 is 5.32 Å². The summed E-state index contributed by atoms with van der Waals surface area (Å²) in [5, 5.41) is 12.4. The van der Waals surface area contributed by atoms with Gasteiger partial charge in [0.2, 0.25) is 11.8 Å². The average molecular weight is 640 g/mol. The fourth-order valence-electron chi connectivity index (χ4n) is 5.65. The molecule has 0 aromatic heterocycles. The number of allylic oxidation sites excluding steroid dienone is 3. The Balaban J connectivity index is 2.63. The summed E-state index contributed by atoms with van der Waals surface area (Å²) in [6, 6.07) is 7.30. The third-order valence-corrected chi connectivity index (χ3v) is 8.60. The minimum atomic E-state index is -1.08. The van der Waals surface area contributed by atoms with Gasteiger partial charge >= 0.3 is 12.1 Å². The molecule has 0 aliphatic heterocycles. The Hall–Kier alpha value is -4.08. The second-order valence-electron chi connectivity index (χ2n) is 14.0. The van der Waals surface area contributed by atoms with Crippen molar-refractivity contribution in [2.24, 2.45) is 5.41 Å². The Kier molecular flexibility index (Phi) is 12.8. The molecule has 1 aliphatic rings. The summed E-state index contributed by atoms with van der Waals surface area (Å²) in [4.78, 5) is 56.4. The van der Waals surface area contributed by atoms with Crippen LogP contribution in [0.1, 0.15) is 80.2 Å². The molecule has 1 aliphatic carbocycles. The maximum absolute atomic E-state index is 14.6. The zero-order valence-corrected chi connectivity index (χ0v) is 29.4. The summed E-state index contributed by atoms with van der Waals surface area (Å²) >= 11 is 0. The van der Waals surface area contributed by atoms with Crippen LogP contribution in [0.25, 0.3) is 0 Å². The molecule has 0 saturated heterocycles. The number of nitrogens with one attached hydrogen (secondary N) is 1. The van der Waals surface area contributed by atoms with E-state index < -0.39 is 52.4 Å². The maximum Gasteiger partial charge on any atom is 0.410 e. The van der Waals surface area contributed by atoms with E-state index in [4.69, 9.17) is 9.47 Å². The van der Waals surface area contributed by atoms with Crippen molar-refractivity contribution in [1.82, 2.24) is 15.1 Å². The van der Waals surface area contributed by atoms with Gasteiger partial charge < -0.3 is 24.8 Å². The molecule has 0 heterocycles. The summed E-state index contributed by atoms with van der Waals surface area (Å²) in [5.74, 6) is -1.14. The quantitative estimate of drug-likeness (QED) is 0.217. The van der Waals surface area contributed by atoms with Crippen LogP contribution in [0.15, 0.2) is 65.5 Å². The monoisotopic (exact) mass is 639 g/mol. The number of nitrogens with zero attached hydrogens (tertiary/aromatic N) is 2. The number of likely N-dealkylation sites (N-methyl/N-ethyl adjacent to an activating group) is 2. The first-order valence-corrected chi connectivity index (χ1v) is 15.6. The number of rotatable bonds is 12. The van der Waals surface area contributed by atoms with Gasteiger partial charge in [0.15, 0.2) is 0 Å². The van der Waals surface area contributed by atoms with Gasteiger partial charge in [-0.3, -0.25) is 14.5 Å². The Morgan fingerprint density at radius 1 is 0.957 bits per heavy atom. The number of carboxylic acid groups (broad SMARTS) is 1. The van der Waals surface area contributed by atoms with Crippen molar-refractivity contribution in [2.75, 3.05) is 27.7 Å². The predicted octanol–water partition coefficient (Wildman–Crippen LogP) is 5.84. The smallest absolute Gasteiger partial charge is 0.410 e. The molecule has 3 amide bonds. The van der Waals surface area contributed by atoms with E-state index in [2.05, 4.69) is 11.4 Å². The predicted molar refractivity (Wildman–Crippen MR) is 179 cm³/mol. The molecule has 2 atom stereocenters. The molecule has 0 saturated carbocycles. The van der Waals surface area contributed by atoms with Crippen molar-refractivity contribution in [3.05, 3.63) is 71.0 Å². The number of carboxylic acids is 1. The normalized spacial score (nSPS) is 15.8. The van der Waals surface area contributed by atoms with Crippen molar-refractivity contribution in [3.8, 4) is 0 Å². The molecule has 0 radical (unpaired) electrons. The highest BCUT2D eigenvalue weighted by atomic mass is 16.6. The molecule has 10 heteroatoms. The van der Waals surface area contributed by atoms with Gasteiger partial charge in [-0.1, -0.05) is 75.8 Å². The lowest BCUT2D eigenvalue weighted by Gasteiger charge is -2.43. The summed E-state index contributed by atoms with van der Waals surface area (Å²) in [6.07, 6.45) is 6.72. The van der Waals surface area contributed by atoms with Crippen molar-refractivity contribution in [2.45, 2.75) is 97.8 Å². The number of carbonyl (C=O) groups excluding carboxylic acids is 3. The summed E-state index contributed by atoms with van der Waals surface area (Å²) in [6.45, 7) is 14.4. The number of methoxy groups -OCH3 is 1. The van der Waals surface area contributed by atoms with Gasteiger partial charge in [0.25, 0.3) is 0 Å². The number of aliphatic carboxylic acids is 1. The Bertz CT molecular complexity index is 1350. The van der Waals surface area contributed by atoms with Gasteiger partial charge in [-0.05, 0) is 52.2 Å². The molecule has 1 aromatic carbocycles. The molecule has 0 fully saturated rings. The fraction of sp³-hybridized carbons (Fsp3) is 0.556. The largest absolute Gasteiger partial charge is 0.501 e. The molecular weight excluding hydrogens is 586 g/mol. The van der Waals surface area contributed by atoms with Crippen molar-refractivity contribution >= 4 is 23.9 Å². The van der Waals surface area contributed by atoms with E-state index in [1.54, 1.807) is 34.9 Å². The van der Waals surface area contributed by atoms with Crippen molar-refractivity contribution < 1.29 is 33.8 Å². The average Bonchev–Trinajstić information content (AvgIpc) is 3.24. The maximum atomic E-state index is 14.6. The lowest BCUT2D eigenvalue weighted by Crippen LogP contribution is -2.63. The molecular formula is C36H53N3O7. The second-order valence-corrected chi connectivity index (χ2v) is 14.0. The van der Waals surface area contributed by atoms with Crippen LogP contribution in [0.4, 0.5) is 4.79 Å². The van der Waals surface area contributed by atoms with Gasteiger partial charge in [0.05, 0.1) is 12.9 Å². The number of carbonyl (C=O) groups is 4. The topological polar surface area (TPSA) is 125 Å². The summed E-state index contributed by atoms with van der Waals surface area (Å²) < 4.78 is 11.2. The first-order valence-electron chi connectivity index (χ1n) is 15.6. The number of amides is 3. The highest BCUT2D eigenvalue weighted by Crippen LogP contribution is 2.38. The number of hydrogen-bond acceptors (Lipinski definition) is 6. The fourth-order valence-corrected chi connectivity index (χ4v) is 5.65. The van der Waals surface area contributed by atoms with E-state index in [0.717, 1.165) is 16.9 Å². The third kappa shape index (κ3) is 9.71.